The smallest absolute Gasteiger partial charge is 0.211 e. The minimum atomic E-state index is 0.569. The average Bonchev–Trinajstić information content (AvgIpc) is 2.50. The first-order chi connectivity index (χ1) is 10.3. The summed E-state index contributed by atoms with van der Waals surface area (Å²) >= 11 is 0. The predicted octanol–water partition coefficient (Wildman–Crippen LogP) is 2.06. The van der Waals surface area contributed by atoms with Gasteiger partial charge in [-0.3, -0.25) is 14.4 Å². The molecule has 0 atom stereocenters. The lowest BCUT2D eigenvalue weighted by atomic mass is 10.0. The number of amides is 3. The van der Waals surface area contributed by atoms with Crippen molar-refractivity contribution in [3.63, 3.8) is 0 Å². The van der Waals surface area contributed by atoms with Gasteiger partial charge in [-0.2, -0.15) is 0 Å². The van der Waals surface area contributed by atoms with Crippen LogP contribution in [0.25, 0.3) is 11.1 Å². The Balaban J connectivity index is 2.38. The number of nitrogens with one attached hydrogen (secondary N) is 3. The van der Waals surface area contributed by atoms with Crippen molar-refractivity contribution in [3.05, 3.63) is 42.5 Å². The summed E-state index contributed by atoms with van der Waals surface area (Å²) in [6.07, 6.45) is 1.75. The molecule has 3 N–H and O–H groups in total. The summed E-state index contributed by atoms with van der Waals surface area (Å²) in [5.41, 5.74) is 3.51. The highest BCUT2D eigenvalue weighted by Gasteiger charge is 2.06. The van der Waals surface area contributed by atoms with Gasteiger partial charge in [0.05, 0.1) is 5.69 Å². The fraction of sp³-hybridized carbons (Fsp3) is 0. The van der Waals surface area contributed by atoms with Crippen LogP contribution in [0, 0.1) is 0 Å². The predicted molar refractivity (Wildman–Crippen MR) is 80.9 cm³/mol. The van der Waals surface area contributed by atoms with Gasteiger partial charge in [0.15, 0.2) is 0 Å². The van der Waals surface area contributed by atoms with Gasteiger partial charge in [-0.25, -0.2) is 0 Å². The summed E-state index contributed by atoms with van der Waals surface area (Å²) in [6, 6.07) is 12.3. The molecule has 2 aromatic rings. The SMILES string of the molecule is O=CNc1ccc(-c2ccc(NC=O)cc2NC=O)cc1. The summed E-state index contributed by atoms with van der Waals surface area (Å²) in [4.78, 5) is 31.5. The summed E-state index contributed by atoms with van der Waals surface area (Å²) in [5, 5.41) is 7.68. The van der Waals surface area contributed by atoms with Crippen LogP contribution in [-0.4, -0.2) is 19.2 Å². The van der Waals surface area contributed by atoms with Crippen LogP contribution in [0.15, 0.2) is 42.5 Å². The quantitative estimate of drug-likeness (QED) is 0.680. The Morgan fingerprint density at radius 1 is 0.667 bits per heavy atom. The number of hydrogen-bond acceptors (Lipinski definition) is 3. The van der Waals surface area contributed by atoms with Crippen LogP contribution in [0.2, 0.25) is 0 Å². The number of carbonyl (C=O) groups is 3. The molecule has 21 heavy (non-hydrogen) atoms. The molecule has 106 valence electrons. The van der Waals surface area contributed by atoms with Crippen molar-refractivity contribution in [3.8, 4) is 11.1 Å². The molecular weight excluding hydrogens is 270 g/mol. The molecule has 0 saturated carbocycles. The molecule has 0 aliphatic heterocycles. The maximum atomic E-state index is 10.7. The molecule has 0 spiro atoms. The zero-order chi connectivity index (χ0) is 15.1. The molecule has 0 radical (unpaired) electrons. The topological polar surface area (TPSA) is 87.3 Å². The first-order valence-electron chi connectivity index (χ1n) is 6.13. The Hall–Kier alpha value is -3.15. The van der Waals surface area contributed by atoms with E-state index in [-0.39, 0.29) is 0 Å². The molecule has 6 heteroatoms. The summed E-state index contributed by atoms with van der Waals surface area (Å²) in [7, 11) is 0. The molecule has 0 aliphatic carbocycles. The van der Waals surface area contributed by atoms with Gasteiger partial charge in [-0.05, 0) is 29.8 Å². The summed E-state index contributed by atoms with van der Waals surface area (Å²) in [5.74, 6) is 0. The lowest BCUT2D eigenvalue weighted by Gasteiger charge is -2.11. The van der Waals surface area contributed by atoms with Crippen molar-refractivity contribution < 1.29 is 14.4 Å². The van der Waals surface area contributed by atoms with E-state index >= 15 is 0 Å². The first kappa shape index (κ1) is 14.3. The Bertz CT molecular complexity index is 654. The lowest BCUT2D eigenvalue weighted by Crippen LogP contribution is -2.00. The second-order valence-corrected chi connectivity index (χ2v) is 4.12. The highest BCUT2D eigenvalue weighted by molar-refractivity contribution is 5.89. The van der Waals surface area contributed by atoms with E-state index in [4.69, 9.17) is 0 Å². The molecule has 0 heterocycles. The number of rotatable bonds is 7. The van der Waals surface area contributed by atoms with Gasteiger partial charge in [-0.15, -0.1) is 0 Å². The Morgan fingerprint density at radius 2 is 1.24 bits per heavy atom. The van der Waals surface area contributed by atoms with Crippen molar-refractivity contribution in [1.29, 1.82) is 0 Å². The van der Waals surface area contributed by atoms with E-state index in [0.29, 0.717) is 36.3 Å². The Labute approximate surface area is 121 Å². The van der Waals surface area contributed by atoms with E-state index in [1.54, 1.807) is 30.3 Å². The zero-order valence-electron chi connectivity index (χ0n) is 11.0. The van der Waals surface area contributed by atoms with Gasteiger partial charge < -0.3 is 16.0 Å². The van der Waals surface area contributed by atoms with Gasteiger partial charge in [0.1, 0.15) is 0 Å². The van der Waals surface area contributed by atoms with Crippen LogP contribution < -0.4 is 16.0 Å². The molecule has 0 unspecified atom stereocenters. The van der Waals surface area contributed by atoms with Crippen LogP contribution in [0.3, 0.4) is 0 Å². The third-order valence-electron chi connectivity index (χ3n) is 2.88. The van der Waals surface area contributed by atoms with Gasteiger partial charge >= 0.3 is 0 Å². The van der Waals surface area contributed by atoms with Crippen molar-refractivity contribution >= 4 is 36.3 Å². The van der Waals surface area contributed by atoms with Crippen LogP contribution in [0.5, 0.6) is 0 Å². The molecule has 6 nitrogen and oxygen atoms in total. The first-order valence-corrected chi connectivity index (χ1v) is 6.13. The highest BCUT2D eigenvalue weighted by Crippen LogP contribution is 2.31. The van der Waals surface area contributed by atoms with Gasteiger partial charge in [-0.1, -0.05) is 18.2 Å². The maximum absolute atomic E-state index is 10.7. The lowest BCUT2D eigenvalue weighted by molar-refractivity contribution is -0.106. The number of carbonyl (C=O) groups excluding carboxylic acids is 3. The number of anilines is 3. The average molecular weight is 283 g/mol. The molecule has 2 rings (SSSR count). The summed E-state index contributed by atoms with van der Waals surface area (Å²) in [6.45, 7) is 0. The molecule has 0 aliphatic rings. The standard InChI is InChI=1S/C15H13N3O3/c19-8-16-12-3-1-11(2-4-12)14-6-5-13(17-9-20)7-15(14)18-10-21/h1-10H,(H,16,19)(H,17,20)(H,18,21). The molecule has 0 bridgehead atoms. The van der Waals surface area contributed by atoms with Crippen LogP contribution in [0.1, 0.15) is 0 Å². The third-order valence-corrected chi connectivity index (χ3v) is 2.88. The van der Waals surface area contributed by atoms with Gasteiger partial charge in [0.2, 0.25) is 19.2 Å². The van der Waals surface area contributed by atoms with Crippen molar-refractivity contribution in [2.75, 3.05) is 16.0 Å². The number of hydrogen-bond donors (Lipinski definition) is 3. The van der Waals surface area contributed by atoms with Gasteiger partial charge in [0.25, 0.3) is 0 Å². The number of benzene rings is 2. The normalized spacial score (nSPS) is 9.52. The zero-order valence-corrected chi connectivity index (χ0v) is 11.0. The van der Waals surface area contributed by atoms with Crippen molar-refractivity contribution in [1.82, 2.24) is 0 Å². The van der Waals surface area contributed by atoms with E-state index in [1.807, 2.05) is 12.1 Å². The van der Waals surface area contributed by atoms with E-state index in [0.717, 1.165) is 11.1 Å². The molecular formula is C15H13N3O3. The molecule has 3 amide bonds. The van der Waals surface area contributed by atoms with Crippen molar-refractivity contribution in [2.24, 2.45) is 0 Å². The molecule has 0 saturated heterocycles. The van der Waals surface area contributed by atoms with E-state index in [1.165, 1.54) is 0 Å². The van der Waals surface area contributed by atoms with E-state index < -0.39 is 0 Å². The van der Waals surface area contributed by atoms with E-state index in [2.05, 4.69) is 16.0 Å². The molecule has 0 fully saturated rings. The largest absolute Gasteiger partial charge is 0.329 e. The van der Waals surface area contributed by atoms with Crippen molar-refractivity contribution in [2.45, 2.75) is 0 Å². The van der Waals surface area contributed by atoms with Gasteiger partial charge in [0, 0.05) is 16.9 Å². The minimum absolute atomic E-state index is 0.569. The fourth-order valence-electron chi connectivity index (χ4n) is 1.95. The molecule has 2 aromatic carbocycles. The maximum Gasteiger partial charge on any atom is 0.211 e. The molecule has 0 aromatic heterocycles. The van der Waals surface area contributed by atoms with E-state index in [9.17, 15) is 14.4 Å². The monoisotopic (exact) mass is 283 g/mol. The Morgan fingerprint density at radius 3 is 1.86 bits per heavy atom. The second kappa shape index (κ2) is 6.85. The van der Waals surface area contributed by atoms with Crippen LogP contribution >= 0.6 is 0 Å². The summed E-state index contributed by atoms with van der Waals surface area (Å²) < 4.78 is 0. The third kappa shape index (κ3) is 3.44. The van der Waals surface area contributed by atoms with Crippen LogP contribution in [0.4, 0.5) is 17.1 Å². The highest BCUT2D eigenvalue weighted by atomic mass is 16.1. The van der Waals surface area contributed by atoms with Crippen LogP contribution in [-0.2, 0) is 14.4 Å². The second-order valence-electron chi connectivity index (χ2n) is 4.12. The Kier molecular flexibility index (Phi) is 4.66. The minimum Gasteiger partial charge on any atom is -0.329 e. The fourth-order valence-corrected chi connectivity index (χ4v) is 1.95.